The second-order valence-corrected chi connectivity index (χ2v) is 4.14. The van der Waals surface area contributed by atoms with Crippen LogP contribution in [0.1, 0.15) is 6.42 Å². The van der Waals surface area contributed by atoms with Gasteiger partial charge in [0, 0.05) is 32.7 Å². The fourth-order valence-electron chi connectivity index (χ4n) is 2.10. The van der Waals surface area contributed by atoms with Crippen molar-refractivity contribution in [2.75, 3.05) is 46.4 Å². The first-order chi connectivity index (χ1) is 7.29. The number of nitrogens with zero attached hydrogens (tertiary/aromatic N) is 2. The Bertz CT molecular complexity index is 223. The van der Waals surface area contributed by atoms with Gasteiger partial charge in [-0.2, -0.15) is 0 Å². The van der Waals surface area contributed by atoms with E-state index < -0.39 is 0 Å². The normalized spacial score (nSPS) is 26.7. The molecule has 0 bridgehead atoms. The fourth-order valence-corrected chi connectivity index (χ4v) is 2.10. The van der Waals surface area contributed by atoms with E-state index >= 15 is 0 Å². The third kappa shape index (κ3) is 2.41. The van der Waals surface area contributed by atoms with Crippen LogP contribution in [0.4, 0.5) is 4.79 Å². The molecule has 1 N–H and O–H groups in total. The Morgan fingerprint density at radius 1 is 1.47 bits per heavy atom. The van der Waals surface area contributed by atoms with Gasteiger partial charge in [-0.25, -0.2) is 4.79 Å². The molecule has 5 heteroatoms. The van der Waals surface area contributed by atoms with Crippen molar-refractivity contribution in [1.82, 2.24) is 15.1 Å². The molecule has 15 heavy (non-hydrogen) atoms. The van der Waals surface area contributed by atoms with E-state index in [0.29, 0.717) is 19.3 Å². The summed E-state index contributed by atoms with van der Waals surface area (Å²) in [6, 6.07) is 0.507. The van der Waals surface area contributed by atoms with E-state index in [4.69, 9.17) is 4.74 Å². The number of carbonyl (C=O) groups excluding carboxylic acids is 1. The van der Waals surface area contributed by atoms with Crippen LogP contribution >= 0.6 is 0 Å². The molecule has 2 fully saturated rings. The first-order valence-corrected chi connectivity index (χ1v) is 5.59. The molecule has 1 unspecified atom stereocenters. The summed E-state index contributed by atoms with van der Waals surface area (Å²) in [6.45, 7) is 4.73. The van der Waals surface area contributed by atoms with Crippen LogP contribution in [0.5, 0.6) is 0 Å². The van der Waals surface area contributed by atoms with Crippen LogP contribution in [0.15, 0.2) is 0 Å². The lowest BCUT2D eigenvalue weighted by Gasteiger charge is -2.33. The number of morpholine rings is 1. The zero-order chi connectivity index (χ0) is 10.7. The molecule has 86 valence electrons. The van der Waals surface area contributed by atoms with Crippen LogP contribution in [-0.2, 0) is 4.74 Å². The number of nitrogens with one attached hydrogen (secondary N) is 1. The maximum absolute atomic E-state index is 12.1. The highest BCUT2D eigenvalue weighted by molar-refractivity contribution is 5.74. The van der Waals surface area contributed by atoms with Crippen molar-refractivity contribution < 1.29 is 9.53 Å². The minimum atomic E-state index is 0.145. The van der Waals surface area contributed by atoms with Gasteiger partial charge in [-0.3, -0.25) is 0 Å². The number of amides is 2. The molecule has 5 nitrogen and oxygen atoms in total. The standard InChI is InChI=1S/C10H19N3O2/c1-12(9-2-3-11-8-9)10(14)13-4-6-15-7-5-13/h9,11H,2-8H2,1H3. The summed E-state index contributed by atoms with van der Waals surface area (Å²) in [7, 11) is 1.90. The van der Waals surface area contributed by atoms with Crippen LogP contribution in [0.25, 0.3) is 0 Å². The first-order valence-electron chi connectivity index (χ1n) is 5.59. The summed E-state index contributed by atoms with van der Waals surface area (Å²) in [5.74, 6) is 0. The Morgan fingerprint density at radius 2 is 2.20 bits per heavy atom. The molecule has 0 radical (unpaired) electrons. The van der Waals surface area contributed by atoms with E-state index in [-0.39, 0.29) is 6.03 Å². The molecular formula is C10H19N3O2. The predicted octanol–water partition coefficient (Wildman–Crippen LogP) is -0.268. The molecule has 0 aromatic heterocycles. The molecule has 2 aliphatic rings. The Kier molecular flexibility index (Phi) is 3.43. The van der Waals surface area contributed by atoms with Crippen molar-refractivity contribution in [3.8, 4) is 0 Å². The summed E-state index contributed by atoms with van der Waals surface area (Å²) < 4.78 is 5.23. The van der Waals surface area contributed by atoms with Crippen LogP contribution < -0.4 is 5.32 Å². The molecule has 0 aromatic rings. The smallest absolute Gasteiger partial charge is 0.320 e. The fraction of sp³-hybridized carbons (Fsp3) is 0.900. The highest BCUT2D eigenvalue weighted by atomic mass is 16.5. The minimum Gasteiger partial charge on any atom is -0.378 e. The quantitative estimate of drug-likeness (QED) is 0.652. The SMILES string of the molecule is CN(C(=O)N1CCOCC1)C1CCNC1. The van der Waals surface area contributed by atoms with E-state index in [1.165, 1.54) is 0 Å². The lowest BCUT2D eigenvalue weighted by atomic mass is 10.2. The van der Waals surface area contributed by atoms with Gasteiger partial charge in [-0.1, -0.05) is 0 Å². The van der Waals surface area contributed by atoms with Crippen molar-refractivity contribution in [2.45, 2.75) is 12.5 Å². The summed E-state index contributed by atoms with van der Waals surface area (Å²) >= 11 is 0. The lowest BCUT2D eigenvalue weighted by Crippen LogP contribution is -2.50. The van der Waals surface area contributed by atoms with Gasteiger partial charge in [0.15, 0.2) is 0 Å². The van der Waals surface area contributed by atoms with Crippen LogP contribution in [0.3, 0.4) is 0 Å². The van der Waals surface area contributed by atoms with Gasteiger partial charge in [0.05, 0.1) is 13.2 Å². The van der Waals surface area contributed by atoms with Crippen molar-refractivity contribution in [1.29, 1.82) is 0 Å². The van der Waals surface area contributed by atoms with Gasteiger partial charge >= 0.3 is 6.03 Å². The first kappa shape index (κ1) is 10.7. The molecule has 0 aromatic carbocycles. The van der Waals surface area contributed by atoms with Gasteiger partial charge in [-0.05, 0) is 13.0 Å². The van der Waals surface area contributed by atoms with Crippen LogP contribution in [0.2, 0.25) is 0 Å². The maximum atomic E-state index is 12.1. The number of urea groups is 1. The van der Waals surface area contributed by atoms with Crippen LogP contribution in [0, 0.1) is 0 Å². The van der Waals surface area contributed by atoms with E-state index in [2.05, 4.69) is 5.32 Å². The highest BCUT2D eigenvalue weighted by Crippen LogP contribution is 2.10. The summed E-state index contributed by atoms with van der Waals surface area (Å²) in [5, 5.41) is 3.27. The summed E-state index contributed by atoms with van der Waals surface area (Å²) in [6.07, 6.45) is 1.06. The van der Waals surface area contributed by atoms with E-state index in [9.17, 15) is 4.79 Å². The third-order valence-corrected chi connectivity index (χ3v) is 3.17. The predicted molar refractivity (Wildman–Crippen MR) is 56.8 cm³/mol. The van der Waals surface area contributed by atoms with Crippen LogP contribution in [-0.4, -0.2) is 68.3 Å². The average Bonchev–Trinajstić information content (AvgIpc) is 2.82. The third-order valence-electron chi connectivity index (χ3n) is 3.17. The number of ether oxygens (including phenoxy) is 1. The second-order valence-electron chi connectivity index (χ2n) is 4.14. The van der Waals surface area contributed by atoms with Crippen molar-refractivity contribution in [3.63, 3.8) is 0 Å². The van der Waals surface area contributed by atoms with Crippen molar-refractivity contribution in [3.05, 3.63) is 0 Å². The molecule has 2 saturated heterocycles. The Hall–Kier alpha value is -0.810. The molecule has 1 atom stereocenters. The molecule has 2 amide bonds. The molecule has 2 rings (SSSR count). The maximum Gasteiger partial charge on any atom is 0.320 e. The number of hydrogen-bond donors (Lipinski definition) is 1. The summed E-state index contributed by atoms with van der Waals surface area (Å²) in [5.41, 5.74) is 0. The highest BCUT2D eigenvalue weighted by Gasteiger charge is 2.27. The Labute approximate surface area is 90.4 Å². The van der Waals surface area contributed by atoms with E-state index in [1.807, 2.05) is 16.8 Å². The molecule has 0 aliphatic carbocycles. The van der Waals surface area contributed by atoms with Gasteiger partial charge in [0.25, 0.3) is 0 Å². The van der Waals surface area contributed by atoms with Gasteiger partial charge < -0.3 is 19.9 Å². The average molecular weight is 213 g/mol. The monoisotopic (exact) mass is 213 g/mol. The van der Waals surface area contributed by atoms with Gasteiger partial charge in [0.2, 0.25) is 0 Å². The second kappa shape index (κ2) is 4.81. The van der Waals surface area contributed by atoms with Gasteiger partial charge in [0.1, 0.15) is 0 Å². The van der Waals surface area contributed by atoms with E-state index in [1.54, 1.807) is 0 Å². The minimum absolute atomic E-state index is 0.145. The number of hydrogen-bond acceptors (Lipinski definition) is 3. The molecule has 2 heterocycles. The number of likely N-dealkylation sites (N-methyl/N-ethyl adjacent to an activating group) is 1. The zero-order valence-corrected chi connectivity index (χ0v) is 9.24. The Morgan fingerprint density at radius 3 is 2.80 bits per heavy atom. The van der Waals surface area contributed by atoms with Gasteiger partial charge in [-0.15, -0.1) is 0 Å². The van der Waals surface area contributed by atoms with E-state index in [0.717, 1.165) is 32.6 Å². The largest absolute Gasteiger partial charge is 0.378 e. The molecule has 2 aliphatic heterocycles. The van der Waals surface area contributed by atoms with Crippen molar-refractivity contribution >= 4 is 6.03 Å². The zero-order valence-electron chi connectivity index (χ0n) is 9.24. The number of rotatable bonds is 1. The van der Waals surface area contributed by atoms with Crippen molar-refractivity contribution in [2.24, 2.45) is 0 Å². The topological polar surface area (TPSA) is 44.8 Å². The molecular weight excluding hydrogens is 194 g/mol. The summed E-state index contributed by atoms with van der Waals surface area (Å²) in [4.78, 5) is 15.8. The molecule has 0 spiro atoms. The number of carbonyl (C=O) groups is 1. The Balaban J connectivity index is 1.87. The molecule has 0 saturated carbocycles. The lowest BCUT2D eigenvalue weighted by molar-refractivity contribution is 0.0427.